The Hall–Kier alpha value is -4.31. The molecule has 2 N–H and O–H groups in total. The first-order chi connectivity index (χ1) is 18.3. The highest BCUT2D eigenvalue weighted by Gasteiger charge is 2.39. The Morgan fingerprint density at radius 1 is 0.895 bits per heavy atom. The van der Waals surface area contributed by atoms with Crippen LogP contribution >= 0.6 is 11.3 Å². The fourth-order valence-electron chi connectivity index (χ4n) is 4.24. The van der Waals surface area contributed by atoms with Crippen molar-refractivity contribution in [2.75, 3.05) is 27.4 Å². The predicted molar refractivity (Wildman–Crippen MR) is 144 cm³/mol. The quantitative estimate of drug-likeness (QED) is 0.434. The molecule has 0 saturated carbocycles. The number of hydrogen-bond donors (Lipinski definition) is 1. The van der Waals surface area contributed by atoms with Gasteiger partial charge in [-0.1, -0.05) is 24.3 Å². The van der Waals surface area contributed by atoms with Gasteiger partial charge in [-0.25, -0.2) is 9.59 Å². The van der Waals surface area contributed by atoms with E-state index in [1.807, 2.05) is 0 Å². The van der Waals surface area contributed by atoms with Crippen LogP contribution in [0.15, 0.2) is 58.9 Å². The van der Waals surface area contributed by atoms with Crippen molar-refractivity contribution in [2.24, 2.45) is 5.73 Å². The van der Waals surface area contributed by atoms with Gasteiger partial charge in [-0.05, 0) is 55.3 Å². The van der Waals surface area contributed by atoms with Crippen LogP contribution in [-0.4, -0.2) is 43.9 Å². The van der Waals surface area contributed by atoms with Gasteiger partial charge in [-0.3, -0.25) is 9.36 Å². The second-order valence-electron chi connectivity index (χ2n) is 8.19. The summed E-state index contributed by atoms with van der Waals surface area (Å²) in [5, 5.41) is 0. The number of esters is 2. The summed E-state index contributed by atoms with van der Waals surface area (Å²) in [5.41, 5.74) is 7.51. The molecule has 0 fully saturated rings. The Morgan fingerprint density at radius 3 is 1.95 bits per heavy atom. The third kappa shape index (κ3) is 4.95. The first-order valence-corrected chi connectivity index (χ1v) is 12.8. The maximum absolute atomic E-state index is 13.6. The summed E-state index contributed by atoms with van der Waals surface area (Å²) in [5.74, 6) is -1.13. The topological polar surface area (TPSA) is 119 Å². The Morgan fingerprint density at radius 2 is 1.42 bits per heavy atom. The number of carbonyl (C=O) groups is 2. The van der Waals surface area contributed by atoms with E-state index >= 15 is 0 Å². The number of carbonyl (C=O) groups excluding carboxylic acids is 2. The van der Waals surface area contributed by atoms with Gasteiger partial charge >= 0.3 is 11.9 Å². The van der Waals surface area contributed by atoms with E-state index in [-0.39, 0.29) is 30.2 Å². The van der Waals surface area contributed by atoms with E-state index < -0.39 is 23.4 Å². The summed E-state index contributed by atoms with van der Waals surface area (Å²) in [6.45, 7) is 3.54. The number of benzene rings is 2. The maximum atomic E-state index is 13.6. The van der Waals surface area contributed by atoms with Crippen molar-refractivity contribution in [3.05, 3.63) is 84.8 Å². The summed E-state index contributed by atoms with van der Waals surface area (Å²) >= 11 is 1.10. The number of rotatable bonds is 8. The summed E-state index contributed by atoms with van der Waals surface area (Å²) in [6, 6.07) is 14.1. The molecule has 0 saturated heterocycles. The zero-order valence-electron chi connectivity index (χ0n) is 21.5. The summed E-state index contributed by atoms with van der Waals surface area (Å²) < 4.78 is 23.0. The smallest absolute Gasteiger partial charge is 0.338 e. The van der Waals surface area contributed by atoms with Crippen LogP contribution in [0, 0.1) is 0 Å². The molecule has 9 nitrogen and oxygen atoms in total. The molecule has 1 aliphatic rings. The third-order valence-corrected chi connectivity index (χ3v) is 7.11. The number of hydrogen-bond acceptors (Lipinski definition) is 9. The van der Waals surface area contributed by atoms with Crippen LogP contribution in [0.5, 0.6) is 11.5 Å². The van der Waals surface area contributed by atoms with Crippen LogP contribution in [0.2, 0.25) is 0 Å². The Balaban J connectivity index is 2.06. The molecule has 1 aliphatic heterocycles. The van der Waals surface area contributed by atoms with Crippen molar-refractivity contribution in [3.63, 3.8) is 0 Å². The molecule has 0 aliphatic carbocycles. The minimum Gasteiger partial charge on any atom is -0.497 e. The highest BCUT2D eigenvalue weighted by atomic mass is 32.1. The maximum Gasteiger partial charge on any atom is 0.338 e. The summed E-state index contributed by atoms with van der Waals surface area (Å²) in [6.07, 6.45) is 1.69. The number of nitrogens with two attached hydrogens (primary N) is 1. The van der Waals surface area contributed by atoms with Gasteiger partial charge < -0.3 is 24.7 Å². The molecule has 4 rings (SSSR count). The molecule has 198 valence electrons. The number of fused-ring (bicyclic) bond motifs is 1. The average Bonchev–Trinajstić information content (AvgIpc) is 3.24. The third-order valence-electron chi connectivity index (χ3n) is 6.00. The standard InChI is InChI=1S/C28H28N2O7S/c1-5-36-27(32)22-21(17-9-13-19(35-4)14-10-17)23(28(33)37-6-2)26-30(24(22)29)25(31)20(38-26)15-16-7-11-18(34-3)12-8-16/h7-15,21H,5-6,29H2,1-4H3/b20-15+/t21-/m1/s1. The molecule has 2 aromatic carbocycles. The predicted octanol–water partition coefficient (Wildman–Crippen LogP) is 1.96. The van der Waals surface area contributed by atoms with Crippen LogP contribution in [0.3, 0.4) is 0 Å². The molecule has 0 amide bonds. The van der Waals surface area contributed by atoms with Gasteiger partial charge in [0.2, 0.25) is 0 Å². The summed E-state index contributed by atoms with van der Waals surface area (Å²) in [4.78, 5) is 40.3. The van der Waals surface area contributed by atoms with Gasteiger partial charge in [0.1, 0.15) is 22.0 Å². The van der Waals surface area contributed by atoms with Crippen molar-refractivity contribution in [3.8, 4) is 11.5 Å². The average molecular weight is 537 g/mol. The van der Waals surface area contributed by atoms with Crippen molar-refractivity contribution >= 4 is 40.7 Å². The zero-order chi connectivity index (χ0) is 27.4. The molecular formula is C28H28N2O7S. The van der Waals surface area contributed by atoms with E-state index in [0.29, 0.717) is 26.3 Å². The normalized spacial score (nSPS) is 15.2. The number of methoxy groups -OCH3 is 2. The van der Waals surface area contributed by atoms with E-state index in [0.717, 1.165) is 16.9 Å². The molecule has 2 heterocycles. The van der Waals surface area contributed by atoms with Crippen LogP contribution in [-0.2, 0) is 19.1 Å². The van der Waals surface area contributed by atoms with Gasteiger partial charge in [0.05, 0.1) is 49.0 Å². The Labute approximate surface area is 223 Å². The molecule has 3 aromatic rings. The molecule has 38 heavy (non-hydrogen) atoms. The fourth-order valence-corrected chi connectivity index (χ4v) is 5.41. The lowest BCUT2D eigenvalue weighted by Crippen LogP contribution is -2.42. The Bertz CT molecular complexity index is 1570. The van der Waals surface area contributed by atoms with Gasteiger partial charge in [-0.2, -0.15) is 0 Å². The molecule has 10 heteroatoms. The number of nitrogens with zero attached hydrogens (tertiary/aromatic N) is 1. The second-order valence-corrected chi connectivity index (χ2v) is 9.22. The lowest BCUT2D eigenvalue weighted by molar-refractivity contribution is -0.138. The highest BCUT2D eigenvalue weighted by Crippen LogP contribution is 2.38. The molecule has 0 spiro atoms. The second kappa shape index (κ2) is 11.4. The van der Waals surface area contributed by atoms with Crippen LogP contribution in [0.25, 0.3) is 17.5 Å². The molecular weight excluding hydrogens is 508 g/mol. The molecule has 1 atom stereocenters. The first-order valence-electron chi connectivity index (χ1n) is 11.9. The van der Waals surface area contributed by atoms with Gasteiger partial charge in [0.25, 0.3) is 5.56 Å². The SMILES string of the molecule is CCOC(=O)C1=C(N)n2c(s/c(=C/c3ccc(OC)cc3)c2=O)=C(C(=O)OCC)[C@@H]1c1ccc(OC)cc1. The monoisotopic (exact) mass is 536 g/mol. The number of thiazole rings is 1. The number of aromatic nitrogens is 1. The van der Waals surface area contributed by atoms with Crippen LogP contribution < -0.4 is 30.0 Å². The van der Waals surface area contributed by atoms with E-state index in [2.05, 4.69) is 0 Å². The molecule has 0 bridgehead atoms. The van der Waals surface area contributed by atoms with Crippen molar-refractivity contribution in [2.45, 2.75) is 19.8 Å². The zero-order valence-corrected chi connectivity index (χ0v) is 22.3. The fraction of sp³-hybridized carbons (Fsp3) is 0.250. The van der Waals surface area contributed by atoms with Crippen molar-refractivity contribution in [1.29, 1.82) is 0 Å². The number of ether oxygens (including phenoxy) is 4. The van der Waals surface area contributed by atoms with Crippen molar-refractivity contribution in [1.82, 2.24) is 4.57 Å². The molecule has 1 aromatic heterocycles. The van der Waals surface area contributed by atoms with E-state index in [1.165, 1.54) is 4.57 Å². The highest BCUT2D eigenvalue weighted by molar-refractivity contribution is 7.07. The van der Waals surface area contributed by atoms with E-state index in [1.54, 1.807) is 82.7 Å². The van der Waals surface area contributed by atoms with E-state index in [9.17, 15) is 14.4 Å². The van der Waals surface area contributed by atoms with Crippen LogP contribution in [0.1, 0.15) is 30.9 Å². The molecule has 0 unspecified atom stereocenters. The minimum atomic E-state index is -0.925. The van der Waals surface area contributed by atoms with Crippen molar-refractivity contribution < 1.29 is 28.5 Å². The van der Waals surface area contributed by atoms with Gasteiger partial charge in [-0.15, -0.1) is 11.3 Å². The first kappa shape index (κ1) is 26.7. The lowest BCUT2D eigenvalue weighted by atomic mass is 9.83. The van der Waals surface area contributed by atoms with E-state index in [4.69, 9.17) is 24.7 Å². The lowest BCUT2D eigenvalue weighted by Gasteiger charge is -2.27. The van der Waals surface area contributed by atoms with Gasteiger partial charge in [0, 0.05) is 0 Å². The minimum absolute atomic E-state index is 0.0107. The molecule has 0 radical (unpaired) electrons. The van der Waals surface area contributed by atoms with Gasteiger partial charge in [0.15, 0.2) is 0 Å². The van der Waals surface area contributed by atoms with Crippen LogP contribution in [0.4, 0.5) is 0 Å². The summed E-state index contributed by atoms with van der Waals surface area (Å²) in [7, 11) is 3.11. The largest absolute Gasteiger partial charge is 0.497 e. The Kier molecular flexibility index (Phi) is 8.02.